The molecule has 0 bridgehead atoms. The summed E-state index contributed by atoms with van der Waals surface area (Å²) in [7, 11) is 0. The molecule has 1 atom stereocenters. The zero-order chi connectivity index (χ0) is 12.8. The number of alkyl halides is 3. The second-order valence-corrected chi connectivity index (χ2v) is 3.89. The van der Waals surface area contributed by atoms with E-state index in [0.29, 0.717) is 0 Å². The van der Waals surface area contributed by atoms with Crippen molar-refractivity contribution < 1.29 is 22.4 Å². The van der Waals surface area contributed by atoms with Crippen LogP contribution in [-0.2, 0) is 4.79 Å². The summed E-state index contributed by atoms with van der Waals surface area (Å²) in [6, 6.07) is 3.12. The summed E-state index contributed by atoms with van der Waals surface area (Å²) in [5.41, 5.74) is -2.68. The SMILES string of the molecule is CC1(C(F)(F)F)Nc2ccc(F)cc2NC1=O. The van der Waals surface area contributed by atoms with Gasteiger partial charge in [-0.3, -0.25) is 4.79 Å². The molecule has 0 aliphatic carbocycles. The minimum atomic E-state index is -4.75. The zero-order valence-corrected chi connectivity index (χ0v) is 8.65. The fourth-order valence-electron chi connectivity index (χ4n) is 1.50. The Morgan fingerprint density at radius 1 is 1.24 bits per heavy atom. The molecule has 1 aromatic carbocycles. The van der Waals surface area contributed by atoms with Gasteiger partial charge in [0.1, 0.15) is 5.82 Å². The van der Waals surface area contributed by atoms with E-state index < -0.39 is 23.4 Å². The molecule has 1 unspecified atom stereocenters. The van der Waals surface area contributed by atoms with Crippen molar-refractivity contribution in [2.75, 3.05) is 10.6 Å². The van der Waals surface area contributed by atoms with Crippen molar-refractivity contribution in [3.63, 3.8) is 0 Å². The molecule has 2 rings (SSSR count). The first-order valence-electron chi connectivity index (χ1n) is 4.70. The third-order valence-electron chi connectivity index (χ3n) is 2.64. The molecule has 0 aromatic heterocycles. The number of anilines is 2. The van der Waals surface area contributed by atoms with Crippen molar-refractivity contribution in [2.24, 2.45) is 0 Å². The minimum Gasteiger partial charge on any atom is -0.362 e. The lowest BCUT2D eigenvalue weighted by Gasteiger charge is -2.36. The maximum atomic E-state index is 12.8. The molecule has 1 aliphatic heterocycles. The van der Waals surface area contributed by atoms with Crippen LogP contribution in [0, 0.1) is 5.82 Å². The van der Waals surface area contributed by atoms with Crippen molar-refractivity contribution in [2.45, 2.75) is 18.6 Å². The molecule has 2 N–H and O–H groups in total. The van der Waals surface area contributed by atoms with Gasteiger partial charge in [-0.1, -0.05) is 0 Å². The van der Waals surface area contributed by atoms with Crippen molar-refractivity contribution in [3.8, 4) is 0 Å². The van der Waals surface area contributed by atoms with Crippen LogP contribution in [0.3, 0.4) is 0 Å². The van der Waals surface area contributed by atoms with Gasteiger partial charge in [-0.25, -0.2) is 4.39 Å². The van der Waals surface area contributed by atoms with Gasteiger partial charge in [0.25, 0.3) is 5.91 Å². The van der Waals surface area contributed by atoms with Crippen LogP contribution in [0.2, 0.25) is 0 Å². The monoisotopic (exact) mass is 248 g/mol. The van der Waals surface area contributed by atoms with Crippen LogP contribution in [0.4, 0.5) is 28.9 Å². The van der Waals surface area contributed by atoms with E-state index in [1.165, 1.54) is 0 Å². The van der Waals surface area contributed by atoms with E-state index in [4.69, 9.17) is 0 Å². The van der Waals surface area contributed by atoms with Crippen LogP contribution in [-0.4, -0.2) is 17.6 Å². The lowest BCUT2D eigenvalue weighted by Crippen LogP contribution is -2.60. The van der Waals surface area contributed by atoms with Gasteiger partial charge in [0, 0.05) is 0 Å². The molecule has 1 heterocycles. The fourth-order valence-corrected chi connectivity index (χ4v) is 1.50. The van der Waals surface area contributed by atoms with Crippen molar-refractivity contribution >= 4 is 17.3 Å². The van der Waals surface area contributed by atoms with E-state index in [2.05, 4.69) is 5.32 Å². The van der Waals surface area contributed by atoms with Gasteiger partial charge >= 0.3 is 6.18 Å². The average Bonchev–Trinajstić information content (AvgIpc) is 2.19. The molecule has 17 heavy (non-hydrogen) atoms. The van der Waals surface area contributed by atoms with Crippen LogP contribution in [0.1, 0.15) is 6.92 Å². The standard InChI is InChI=1S/C10H8F4N2O/c1-9(10(12,13)14)8(17)15-7-4-5(11)2-3-6(7)16-9/h2-4,16H,1H3,(H,15,17). The minimum absolute atomic E-state index is 0.00303. The van der Waals surface area contributed by atoms with Gasteiger partial charge in [-0.2, -0.15) is 13.2 Å². The molecular formula is C10H8F4N2O. The zero-order valence-electron chi connectivity index (χ0n) is 8.65. The predicted molar refractivity (Wildman–Crippen MR) is 53.1 cm³/mol. The molecule has 0 saturated carbocycles. The van der Waals surface area contributed by atoms with E-state index in [-0.39, 0.29) is 11.4 Å². The fraction of sp³-hybridized carbons (Fsp3) is 0.300. The number of benzene rings is 1. The molecule has 0 fully saturated rings. The van der Waals surface area contributed by atoms with E-state index in [1.54, 1.807) is 0 Å². The van der Waals surface area contributed by atoms with Crippen molar-refractivity contribution in [1.29, 1.82) is 0 Å². The Morgan fingerprint density at radius 3 is 2.47 bits per heavy atom. The van der Waals surface area contributed by atoms with Crippen molar-refractivity contribution in [3.05, 3.63) is 24.0 Å². The molecule has 0 radical (unpaired) electrons. The highest BCUT2D eigenvalue weighted by Gasteiger charge is 2.58. The Labute approximate surface area is 93.8 Å². The molecule has 3 nitrogen and oxygen atoms in total. The first-order chi connectivity index (χ1) is 7.74. The molecular weight excluding hydrogens is 240 g/mol. The lowest BCUT2D eigenvalue weighted by molar-refractivity contribution is -0.179. The molecule has 1 aliphatic rings. The molecule has 1 aromatic rings. The Morgan fingerprint density at radius 2 is 1.88 bits per heavy atom. The summed E-state index contributed by atoms with van der Waals surface area (Å²) < 4.78 is 51.1. The van der Waals surface area contributed by atoms with Crippen LogP contribution >= 0.6 is 0 Å². The maximum Gasteiger partial charge on any atom is 0.420 e. The van der Waals surface area contributed by atoms with E-state index in [0.717, 1.165) is 25.1 Å². The van der Waals surface area contributed by atoms with Gasteiger partial charge < -0.3 is 10.6 Å². The summed E-state index contributed by atoms with van der Waals surface area (Å²) in [6.07, 6.45) is -4.75. The van der Waals surface area contributed by atoms with Crippen LogP contribution in [0.15, 0.2) is 18.2 Å². The first kappa shape index (κ1) is 11.7. The number of hydrogen-bond donors (Lipinski definition) is 2. The molecule has 1 amide bonds. The number of halogens is 4. The number of carbonyl (C=O) groups is 1. The number of carbonyl (C=O) groups excluding carboxylic acids is 1. The average molecular weight is 248 g/mol. The first-order valence-corrected chi connectivity index (χ1v) is 4.70. The Kier molecular flexibility index (Phi) is 2.30. The summed E-state index contributed by atoms with van der Waals surface area (Å²) in [5.74, 6) is -1.90. The van der Waals surface area contributed by atoms with Gasteiger partial charge in [0.05, 0.1) is 11.4 Å². The lowest BCUT2D eigenvalue weighted by atomic mass is 9.96. The highest BCUT2D eigenvalue weighted by molar-refractivity contribution is 6.06. The van der Waals surface area contributed by atoms with E-state index in [9.17, 15) is 22.4 Å². The van der Waals surface area contributed by atoms with Gasteiger partial charge in [0.2, 0.25) is 5.54 Å². The highest BCUT2D eigenvalue weighted by atomic mass is 19.4. The number of fused-ring (bicyclic) bond motifs is 1. The number of amides is 1. The smallest absolute Gasteiger partial charge is 0.362 e. The summed E-state index contributed by atoms with van der Waals surface area (Å²) >= 11 is 0. The second-order valence-electron chi connectivity index (χ2n) is 3.89. The van der Waals surface area contributed by atoms with Crippen LogP contribution in [0.25, 0.3) is 0 Å². The third kappa shape index (κ3) is 1.71. The topological polar surface area (TPSA) is 41.1 Å². The predicted octanol–water partition coefficient (Wildman–Crippen LogP) is 2.51. The van der Waals surface area contributed by atoms with Gasteiger partial charge in [-0.05, 0) is 25.1 Å². The normalized spacial score (nSPS) is 23.7. The maximum absolute atomic E-state index is 12.8. The molecule has 0 spiro atoms. The molecule has 7 heteroatoms. The number of rotatable bonds is 0. The Bertz CT molecular complexity index is 486. The number of nitrogens with one attached hydrogen (secondary N) is 2. The quantitative estimate of drug-likeness (QED) is 0.692. The van der Waals surface area contributed by atoms with Crippen LogP contribution < -0.4 is 10.6 Å². The summed E-state index contributed by atoms with van der Waals surface area (Å²) in [6.45, 7) is 0.731. The van der Waals surface area contributed by atoms with Crippen LogP contribution in [0.5, 0.6) is 0 Å². The summed E-state index contributed by atoms with van der Waals surface area (Å²) in [5, 5.41) is 4.12. The third-order valence-corrected chi connectivity index (χ3v) is 2.64. The van der Waals surface area contributed by atoms with E-state index >= 15 is 0 Å². The van der Waals surface area contributed by atoms with Gasteiger partial charge in [-0.15, -0.1) is 0 Å². The summed E-state index contributed by atoms with van der Waals surface area (Å²) in [4.78, 5) is 11.4. The Hall–Kier alpha value is -1.79. The molecule has 92 valence electrons. The number of hydrogen-bond acceptors (Lipinski definition) is 2. The molecule has 0 saturated heterocycles. The van der Waals surface area contributed by atoms with Crippen molar-refractivity contribution in [1.82, 2.24) is 0 Å². The van der Waals surface area contributed by atoms with Gasteiger partial charge in [0.15, 0.2) is 0 Å². The second kappa shape index (κ2) is 3.35. The largest absolute Gasteiger partial charge is 0.420 e. The Balaban J connectivity index is 2.47. The van der Waals surface area contributed by atoms with E-state index in [1.807, 2.05) is 5.32 Å². The highest BCUT2D eigenvalue weighted by Crippen LogP contribution is 2.39.